The Morgan fingerprint density at radius 3 is 3.21 bits per heavy atom. The average molecular weight is 335 g/mol. The van der Waals surface area contributed by atoms with Crippen LogP contribution in [0.25, 0.3) is 15.7 Å². The van der Waals surface area contributed by atoms with Crippen LogP contribution in [0.3, 0.4) is 0 Å². The molecule has 0 radical (unpaired) electrons. The highest BCUT2D eigenvalue weighted by atomic mass is 32.1. The quantitative estimate of drug-likeness (QED) is 0.596. The van der Waals surface area contributed by atoms with E-state index in [-0.39, 0.29) is 0 Å². The van der Waals surface area contributed by atoms with Crippen LogP contribution in [0.4, 0.5) is 11.5 Å². The van der Waals surface area contributed by atoms with Crippen molar-refractivity contribution in [1.82, 2.24) is 19.6 Å². The van der Waals surface area contributed by atoms with Gasteiger partial charge in [0.05, 0.1) is 10.9 Å². The molecule has 0 saturated carbocycles. The van der Waals surface area contributed by atoms with Crippen LogP contribution in [0.5, 0.6) is 0 Å². The molecule has 5 nitrogen and oxygen atoms in total. The number of nitrogens with one attached hydrogen (secondary N) is 1. The van der Waals surface area contributed by atoms with Crippen LogP contribution in [-0.4, -0.2) is 19.6 Å². The first-order valence-electron chi connectivity index (χ1n) is 8.23. The summed E-state index contributed by atoms with van der Waals surface area (Å²) in [4.78, 5) is 11.6. The number of aryl methyl sites for hydroxylation is 1. The molecule has 4 aromatic rings. The van der Waals surface area contributed by atoms with Gasteiger partial charge in [0, 0.05) is 23.0 Å². The molecule has 4 aromatic heterocycles. The van der Waals surface area contributed by atoms with Crippen LogP contribution >= 0.6 is 11.3 Å². The highest BCUT2D eigenvalue weighted by Crippen LogP contribution is 2.40. The predicted molar refractivity (Wildman–Crippen MR) is 97.1 cm³/mol. The number of hydrogen-bond donors (Lipinski definition) is 1. The number of rotatable bonds is 2. The molecule has 120 valence electrons. The lowest BCUT2D eigenvalue weighted by molar-refractivity contribution is 0.509. The van der Waals surface area contributed by atoms with Crippen molar-refractivity contribution in [3.63, 3.8) is 0 Å². The molecule has 0 aliphatic heterocycles. The molecule has 1 N–H and O–H groups in total. The fourth-order valence-corrected chi connectivity index (χ4v) is 4.86. The molecule has 0 bridgehead atoms. The Balaban J connectivity index is 1.61. The van der Waals surface area contributed by atoms with Crippen molar-refractivity contribution in [2.24, 2.45) is 5.92 Å². The number of fused-ring (bicyclic) bond motifs is 4. The number of thiophene rings is 1. The molecule has 1 aliphatic rings. The van der Waals surface area contributed by atoms with Crippen LogP contribution in [0, 0.1) is 5.92 Å². The van der Waals surface area contributed by atoms with Gasteiger partial charge in [0.1, 0.15) is 17.0 Å². The third-order valence-corrected chi connectivity index (χ3v) is 5.92. The third kappa shape index (κ3) is 2.17. The van der Waals surface area contributed by atoms with Gasteiger partial charge in [-0.1, -0.05) is 6.92 Å². The van der Waals surface area contributed by atoms with Crippen molar-refractivity contribution in [2.75, 3.05) is 5.32 Å². The summed E-state index contributed by atoms with van der Waals surface area (Å²) in [7, 11) is 0. The summed E-state index contributed by atoms with van der Waals surface area (Å²) in [5.41, 5.74) is 3.53. The standard InChI is InChI=1S/C18H17N5S/c1-11-2-3-14-15(8-11)24-18-16(14)17(19-10-20-18)22-12-5-7-23-13(9-12)4-6-21-23/h4-7,9-11H,2-3,8H2,1H3,(H,19,20,22). The zero-order chi connectivity index (χ0) is 16.1. The summed E-state index contributed by atoms with van der Waals surface area (Å²) in [6.07, 6.45) is 8.96. The Hall–Kier alpha value is -2.47. The summed E-state index contributed by atoms with van der Waals surface area (Å²) in [6.45, 7) is 2.33. The number of pyridine rings is 1. The zero-order valence-corrected chi connectivity index (χ0v) is 14.2. The van der Waals surface area contributed by atoms with E-state index in [1.165, 1.54) is 22.2 Å². The normalized spacial score (nSPS) is 17.3. The maximum absolute atomic E-state index is 4.53. The first-order valence-corrected chi connectivity index (χ1v) is 9.05. The topological polar surface area (TPSA) is 55.1 Å². The second-order valence-electron chi connectivity index (χ2n) is 6.50. The van der Waals surface area contributed by atoms with E-state index in [0.717, 1.165) is 40.6 Å². The van der Waals surface area contributed by atoms with Gasteiger partial charge in [0.2, 0.25) is 0 Å². The van der Waals surface area contributed by atoms with E-state index in [9.17, 15) is 0 Å². The summed E-state index contributed by atoms with van der Waals surface area (Å²) in [5.74, 6) is 1.68. The molecular formula is C18H17N5S. The van der Waals surface area contributed by atoms with Crippen LogP contribution in [-0.2, 0) is 12.8 Å². The maximum atomic E-state index is 4.53. The zero-order valence-electron chi connectivity index (χ0n) is 13.4. The van der Waals surface area contributed by atoms with Crippen LogP contribution < -0.4 is 5.32 Å². The Labute approximate surface area is 143 Å². The van der Waals surface area contributed by atoms with Crippen LogP contribution in [0.1, 0.15) is 23.8 Å². The third-order valence-electron chi connectivity index (χ3n) is 4.75. The monoisotopic (exact) mass is 335 g/mol. The minimum absolute atomic E-state index is 0.763. The van der Waals surface area contributed by atoms with Crippen molar-refractivity contribution in [2.45, 2.75) is 26.2 Å². The summed E-state index contributed by atoms with van der Waals surface area (Å²) < 4.78 is 1.86. The minimum Gasteiger partial charge on any atom is -0.339 e. The van der Waals surface area contributed by atoms with E-state index in [2.05, 4.69) is 33.4 Å². The van der Waals surface area contributed by atoms with Gasteiger partial charge in [-0.2, -0.15) is 5.10 Å². The molecule has 0 saturated heterocycles. The molecule has 4 heterocycles. The summed E-state index contributed by atoms with van der Waals surface area (Å²) in [5, 5.41) is 8.94. The van der Waals surface area contributed by atoms with E-state index in [1.54, 1.807) is 12.5 Å². The van der Waals surface area contributed by atoms with Crippen LogP contribution in [0.15, 0.2) is 36.9 Å². The van der Waals surface area contributed by atoms with Gasteiger partial charge in [-0.3, -0.25) is 0 Å². The number of hydrogen-bond acceptors (Lipinski definition) is 5. The molecule has 0 aromatic carbocycles. The molecule has 5 rings (SSSR count). The predicted octanol–water partition coefficient (Wildman–Crippen LogP) is 4.21. The van der Waals surface area contributed by atoms with Crippen molar-refractivity contribution in [1.29, 1.82) is 0 Å². The Bertz CT molecular complexity index is 1050. The molecular weight excluding hydrogens is 318 g/mol. The fraction of sp³-hybridized carbons (Fsp3) is 0.278. The van der Waals surface area contributed by atoms with Gasteiger partial charge in [-0.05, 0) is 48.9 Å². The number of nitrogens with zero attached hydrogens (tertiary/aromatic N) is 4. The maximum Gasteiger partial charge on any atom is 0.142 e. The average Bonchev–Trinajstić information content (AvgIpc) is 3.18. The van der Waals surface area contributed by atoms with Gasteiger partial charge in [0.25, 0.3) is 0 Å². The fourth-order valence-electron chi connectivity index (χ4n) is 3.51. The van der Waals surface area contributed by atoms with E-state index < -0.39 is 0 Å². The van der Waals surface area contributed by atoms with Gasteiger partial charge >= 0.3 is 0 Å². The van der Waals surface area contributed by atoms with Gasteiger partial charge < -0.3 is 5.32 Å². The van der Waals surface area contributed by atoms with E-state index in [1.807, 2.05) is 34.2 Å². The Morgan fingerprint density at radius 2 is 2.25 bits per heavy atom. The van der Waals surface area contributed by atoms with Crippen molar-refractivity contribution < 1.29 is 0 Å². The lowest BCUT2D eigenvalue weighted by atomic mass is 9.89. The highest BCUT2D eigenvalue weighted by molar-refractivity contribution is 7.19. The van der Waals surface area contributed by atoms with E-state index >= 15 is 0 Å². The van der Waals surface area contributed by atoms with Gasteiger partial charge in [-0.15, -0.1) is 11.3 Å². The molecule has 1 aliphatic carbocycles. The van der Waals surface area contributed by atoms with Crippen molar-refractivity contribution >= 4 is 38.6 Å². The molecule has 0 amide bonds. The van der Waals surface area contributed by atoms with Gasteiger partial charge in [-0.25, -0.2) is 14.5 Å². The number of anilines is 2. The second kappa shape index (κ2) is 5.27. The van der Waals surface area contributed by atoms with Crippen LogP contribution in [0.2, 0.25) is 0 Å². The van der Waals surface area contributed by atoms with Crippen molar-refractivity contribution in [3.05, 3.63) is 47.4 Å². The highest BCUT2D eigenvalue weighted by Gasteiger charge is 2.23. The van der Waals surface area contributed by atoms with E-state index in [0.29, 0.717) is 0 Å². The second-order valence-corrected chi connectivity index (χ2v) is 7.58. The first kappa shape index (κ1) is 13.9. The van der Waals surface area contributed by atoms with Gasteiger partial charge in [0.15, 0.2) is 0 Å². The molecule has 24 heavy (non-hydrogen) atoms. The van der Waals surface area contributed by atoms with Crippen molar-refractivity contribution in [3.8, 4) is 0 Å². The lowest BCUT2D eigenvalue weighted by Gasteiger charge is -2.18. The Morgan fingerprint density at radius 1 is 1.29 bits per heavy atom. The first-order chi connectivity index (χ1) is 11.8. The molecule has 0 spiro atoms. The summed E-state index contributed by atoms with van der Waals surface area (Å²) in [6, 6.07) is 6.10. The molecule has 1 atom stereocenters. The lowest BCUT2D eigenvalue weighted by Crippen LogP contribution is -2.09. The smallest absolute Gasteiger partial charge is 0.142 e. The molecule has 0 fully saturated rings. The van der Waals surface area contributed by atoms with E-state index in [4.69, 9.17) is 0 Å². The number of aromatic nitrogens is 4. The summed E-state index contributed by atoms with van der Waals surface area (Å²) >= 11 is 1.83. The molecule has 1 unspecified atom stereocenters. The Kier molecular flexibility index (Phi) is 3.06. The SMILES string of the molecule is CC1CCc2c(sc3ncnc(Nc4ccn5nccc5c4)c23)C1. The minimum atomic E-state index is 0.763. The largest absolute Gasteiger partial charge is 0.339 e. The molecule has 6 heteroatoms.